The van der Waals surface area contributed by atoms with Crippen molar-refractivity contribution in [2.45, 2.75) is 46.7 Å². The van der Waals surface area contributed by atoms with Crippen molar-refractivity contribution in [2.75, 3.05) is 13.2 Å². The number of nitrogens with one attached hydrogen (secondary N) is 1. The molecule has 2 aromatic carbocycles. The lowest BCUT2D eigenvalue weighted by Crippen LogP contribution is -2.50. The summed E-state index contributed by atoms with van der Waals surface area (Å²) < 4.78 is 5.69. The number of rotatable bonds is 9. The third kappa shape index (κ3) is 6.50. The highest BCUT2D eigenvalue weighted by Crippen LogP contribution is 2.21. The molecule has 0 unspecified atom stereocenters. The number of ether oxygens (including phenoxy) is 1. The van der Waals surface area contributed by atoms with Gasteiger partial charge < -0.3 is 15.0 Å². The second-order valence-corrected chi connectivity index (χ2v) is 7.43. The van der Waals surface area contributed by atoms with E-state index in [1.165, 1.54) is 0 Å². The van der Waals surface area contributed by atoms with Gasteiger partial charge >= 0.3 is 0 Å². The van der Waals surface area contributed by atoms with Crippen LogP contribution in [0.4, 0.5) is 0 Å². The van der Waals surface area contributed by atoms with Gasteiger partial charge in [0, 0.05) is 18.1 Å². The topological polar surface area (TPSA) is 58.6 Å². The van der Waals surface area contributed by atoms with Crippen LogP contribution in [0.2, 0.25) is 5.02 Å². The zero-order chi connectivity index (χ0) is 21.4. The summed E-state index contributed by atoms with van der Waals surface area (Å²) in [4.78, 5) is 27.2. The third-order valence-electron chi connectivity index (χ3n) is 4.70. The van der Waals surface area contributed by atoms with Crippen LogP contribution in [-0.2, 0) is 16.1 Å². The molecule has 2 amide bonds. The number of likely N-dealkylation sites (N-methyl/N-ethyl adjacent to an activating group) is 1. The molecule has 0 aliphatic carbocycles. The van der Waals surface area contributed by atoms with Gasteiger partial charge in [0.15, 0.2) is 6.61 Å². The highest BCUT2D eigenvalue weighted by Gasteiger charge is 2.28. The minimum absolute atomic E-state index is 0.150. The molecule has 6 heteroatoms. The van der Waals surface area contributed by atoms with E-state index < -0.39 is 6.04 Å². The Hall–Kier alpha value is -2.53. The van der Waals surface area contributed by atoms with E-state index >= 15 is 0 Å². The molecule has 156 valence electrons. The second kappa shape index (κ2) is 10.9. The first kappa shape index (κ1) is 22.8. The Bertz CT molecular complexity index is 837. The minimum atomic E-state index is -0.556. The van der Waals surface area contributed by atoms with Crippen molar-refractivity contribution in [3.8, 4) is 5.75 Å². The number of amides is 2. The molecule has 0 aliphatic rings. The molecule has 0 saturated carbocycles. The van der Waals surface area contributed by atoms with Crippen molar-refractivity contribution >= 4 is 23.4 Å². The van der Waals surface area contributed by atoms with Crippen LogP contribution in [0, 0.1) is 13.8 Å². The zero-order valence-electron chi connectivity index (χ0n) is 17.5. The van der Waals surface area contributed by atoms with Gasteiger partial charge in [0.25, 0.3) is 5.91 Å². The summed E-state index contributed by atoms with van der Waals surface area (Å²) in [5, 5.41) is 3.47. The maximum atomic E-state index is 13.0. The predicted molar refractivity (Wildman–Crippen MR) is 116 cm³/mol. The monoisotopic (exact) mass is 416 g/mol. The fourth-order valence-electron chi connectivity index (χ4n) is 3.04. The molecule has 0 heterocycles. The number of hydrogen-bond acceptors (Lipinski definition) is 3. The van der Waals surface area contributed by atoms with Crippen LogP contribution in [0.5, 0.6) is 5.75 Å². The van der Waals surface area contributed by atoms with Gasteiger partial charge in [-0.15, -0.1) is 0 Å². The van der Waals surface area contributed by atoms with Crippen LogP contribution < -0.4 is 10.1 Å². The molecule has 0 spiro atoms. The van der Waals surface area contributed by atoms with E-state index in [1.807, 2.05) is 52.0 Å². The molecule has 0 aliphatic heterocycles. The molecule has 0 aromatic heterocycles. The number of nitrogens with zero attached hydrogens (tertiary/aromatic N) is 1. The van der Waals surface area contributed by atoms with Gasteiger partial charge in [0.1, 0.15) is 11.8 Å². The van der Waals surface area contributed by atoms with Gasteiger partial charge in [-0.1, -0.05) is 48.4 Å². The molecule has 0 fully saturated rings. The average Bonchev–Trinajstić information content (AvgIpc) is 2.70. The van der Waals surface area contributed by atoms with Crippen LogP contribution in [0.3, 0.4) is 0 Å². The van der Waals surface area contributed by atoms with E-state index in [2.05, 4.69) is 5.32 Å². The van der Waals surface area contributed by atoms with Crippen molar-refractivity contribution in [1.29, 1.82) is 0 Å². The van der Waals surface area contributed by atoms with Crippen molar-refractivity contribution in [3.63, 3.8) is 0 Å². The molecule has 2 aromatic rings. The molecule has 0 bridgehead atoms. The largest absolute Gasteiger partial charge is 0.484 e. The normalized spacial score (nSPS) is 11.6. The van der Waals surface area contributed by atoms with Gasteiger partial charge in [-0.25, -0.2) is 0 Å². The molecular weight excluding hydrogens is 388 g/mol. The molecule has 0 saturated heterocycles. The highest BCUT2D eigenvalue weighted by molar-refractivity contribution is 6.31. The Morgan fingerprint density at radius 2 is 1.79 bits per heavy atom. The van der Waals surface area contributed by atoms with Crippen LogP contribution in [-0.4, -0.2) is 35.9 Å². The van der Waals surface area contributed by atoms with Crippen LogP contribution in [0.25, 0.3) is 0 Å². The molecule has 0 radical (unpaired) electrons. The Balaban J connectivity index is 2.19. The average molecular weight is 417 g/mol. The van der Waals surface area contributed by atoms with E-state index in [0.29, 0.717) is 30.3 Å². The van der Waals surface area contributed by atoms with Gasteiger partial charge in [-0.3, -0.25) is 9.59 Å². The van der Waals surface area contributed by atoms with E-state index in [1.54, 1.807) is 23.1 Å². The quantitative estimate of drug-likeness (QED) is 0.663. The number of halogens is 1. The SMILES string of the molecule is CCNC(=O)[C@H](CC)N(Cc1ccc(C)cc1)C(=O)COc1ccc(Cl)c(C)c1. The van der Waals surface area contributed by atoms with Gasteiger partial charge in [0.2, 0.25) is 5.91 Å². The highest BCUT2D eigenvalue weighted by atomic mass is 35.5. The Labute approximate surface area is 178 Å². The Morgan fingerprint density at radius 3 is 2.38 bits per heavy atom. The van der Waals surface area contributed by atoms with E-state index in [9.17, 15) is 9.59 Å². The second-order valence-electron chi connectivity index (χ2n) is 7.03. The maximum Gasteiger partial charge on any atom is 0.261 e. The Kier molecular flexibility index (Phi) is 8.52. The predicted octanol–water partition coefficient (Wildman–Crippen LogP) is 4.28. The van der Waals surface area contributed by atoms with Crippen LogP contribution in [0.1, 0.15) is 37.0 Å². The number of hydrogen-bond donors (Lipinski definition) is 1. The first-order valence-electron chi connectivity index (χ1n) is 9.87. The standard InChI is InChI=1S/C23H29ClN2O3/c1-5-21(23(28)25-6-2)26(14-18-9-7-16(3)8-10-18)22(27)15-29-19-11-12-20(24)17(4)13-19/h7-13,21H,5-6,14-15H2,1-4H3,(H,25,28)/t21-/m0/s1. The first-order valence-corrected chi connectivity index (χ1v) is 10.2. The minimum Gasteiger partial charge on any atom is -0.484 e. The van der Waals surface area contributed by atoms with Crippen molar-refractivity contribution in [1.82, 2.24) is 10.2 Å². The molecule has 5 nitrogen and oxygen atoms in total. The van der Waals surface area contributed by atoms with Gasteiger partial charge in [-0.2, -0.15) is 0 Å². The number of carbonyl (C=O) groups is 2. The van der Waals surface area contributed by atoms with Crippen molar-refractivity contribution < 1.29 is 14.3 Å². The zero-order valence-corrected chi connectivity index (χ0v) is 18.3. The lowest BCUT2D eigenvalue weighted by molar-refractivity contribution is -0.142. The third-order valence-corrected chi connectivity index (χ3v) is 5.13. The molecule has 1 N–H and O–H groups in total. The van der Waals surface area contributed by atoms with Crippen LogP contribution >= 0.6 is 11.6 Å². The Morgan fingerprint density at radius 1 is 1.10 bits per heavy atom. The van der Waals surface area contributed by atoms with Crippen molar-refractivity contribution in [2.24, 2.45) is 0 Å². The van der Waals surface area contributed by atoms with E-state index in [4.69, 9.17) is 16.3 Å². The number of aryl methyl sites for hydroxylation is 2. The summed E-state index contributed by atoms with van der Waals surface area (Å²) in [5.74, 6) is 0.177. The maximum absolute atomic E-state index is 13.0. The summed E-state index contributed by atoms with van der Waals surface area (Å²) in [6, 6.07) is 12.7. The first-order chi connectivity index (χ1) is 13.8. The van der Waals surface area contributed by atoms with E-state index in [0.717, 1.165) is 16.7 Å². The fourth-order valence-corrected chi connectivity index (χ4v) is 3.15. The molecule has 2 rings (SSSR count). The molecule has 1 atom stereocenters. The summed E-state index contributed by atoms with van der Waals surface area (Å²) >= 11 is 6.04. The lowest BCUT2D eigenvalue weighted by Gasteiger charge is -2.30. The van der Waals surface area contributed by atoms with Crippen LogP contribution in [0.15, 0.2) is 42.5 Å². The number of benzene rings is 2. The molecular formula is C23H29ClN2O3. The fraction of sp³-hybridized carbons (Fsp3) is 0.391. The smallest absolute Gasteiger partial charge is 0.261 e. The molecule has 29 heavy (non-hydrogen) atoms. The number of carbonyl (C=O) groups excluding carboxylic acids is 2. The van der Waals surface area contributed by atoms with E-state index in [-0.39, 0.29) is 18.4 Å². The summed E-state index contributed by atoms with van der Waals surface area (Å²) in [5.41, 5.74) is 2.99. The summed E-state index contributed by atoms with van der Waals surface area (Å²) in [6.45, 7) is 8.37. The summed E-state index contributed by atoms with van der Waals surface area (Å²) in [7, 11) is 0. The lowest BCUT2D eigenvalue weighted by atomic mass is 10.1. The van der Waals surface area contributed by atoms with Gasteiger partial charge in [-0.05, 0) is 56.5 Å². The van der Waals surface area contributed by atoms with Crippen molar-refractivity contribution in [3.05, 3.63) is 64.2 Å². The summed E-state index contributed by atoms with van der Waals surface area (Å²) in [6.07, 6.45) is 0.517. The van der Waals surface area contributed by atoms with Gasteiger partial charge in [0.05, 0.1) is 0 Å².